The molecule has 1 unspecified atom stereocenters. The van der Waals surface area contributed by atoms with Crippen LogP contribution in [0.15, 0.2) is 18.2 Å². The Kier molecular flexibility index (Phi) is 5.12. The highest BCUT2D eigenvalue weighted by atomic mass is 35.5. The summed E-state index contributed by atoms with van der Waals surface area (Å²) in [6.45, 7) is 11.1. The van der Waals surface area contributed by atoms with Gasteiger partial charge in [0.05, 0.1) is 10.7 Å². The highest BCUT2D eigenvalue weighted by molar-refractivity contribution is 6.33. The highest BCUT2D eigenvalue weighted by Gasteiger charge is 2.23. The molecule has 0 spiro atoms. The number of rotatable bonds is 5. The summed E-state index contributed by atoms with van der Waals surface area (Å²) in [6, 6.07) is 6.28. The molecule has 0 amide bonds. The van der Waals surface area contributed by atoms with Crippen LogP contribution in [0.5, 0.6) is 0 Å². The van der Waals surface area contributed by atoms with E-state index in [1.807, 2.05) is 6.07 Å². The zero-order valence-corrected chi connectivity index (χ0v) is 13.0. The first kappa shape index (κ1) is 14.7. The minimum Gasteiger partial charge on any atom is -0.370 e. The van der Waals surface area contributed by atoms with E-state index in [9.17, 15) is 0 Å². The average molecular weight is 281 g/mol. The van der Waals surface area contributed by atoms with Crippen molar-refractivity contribution in [2.24, 2.45) is 11.8 Å². The fourth-order valence-corrected chi connectivity index (χ4v) is 2.90. The second kappa shape index (κ2) is 6.62. The lowest BCUT2D eigenvalue weighted by Gasteiger charge is -2.21. The maximum absolute atomic E-state index is 6.31. The molecule has 2 nitrogen and oxygen atoms in total. The van der Waals surface area contributed by atoms with Crippen molar-refractivity contribution < 1.29 is 0 Å². The second-order valence-electron chi connectivity index (χ2n) is 6.11. The van der Waals surface area contributed by atoms with Crippen LogP contribution in [0.25, 0.3) is 0 Å². The molecule has 1 aromatic rings. The molecule has 1 aromatic carbocycles. The van der Waals surface area contributed by atoms with Crippen molar-refractivity contribution in [3.05, 3.63) is 28.8 Å². The molecule has 1 saturated heterocycles. The molecule has 0 bridgehead atoms. The van der Waals surface area contributed by atoms with Gasteiger partial charge in [-0.1, -0.05) is 31.5 Å². The molecule has 0 radical (unpaired) electrons. The van der Waals surface area contributed by atoms with E-state index < -0.39 is 0 Å². The summed E-state index contributed by atoms with van der Waals surface area (Å²) in [5.41, 5.74) is 2.48. The van der Waals surface area contributed by atoms with Gasteiger partial charge in [-0.25, -0.2) is 0 Å². The summed E-state index contributed by atoms with van der Waals surface area (Å²) in [5.74, 6) is 1.47. The molecule has 0 saturated carbocycles. The Hall–Kier alpha value is -0.730. The van der Waals surface area contributed by atoms with Crippen LogP contribution in [0.2, 0.25) is 5.02 Å². The molecule has 0 aromatic heterocycles. The zero-order valence-electron chi connectivity index (χ0n) is 12.2. The number of aryl methyl sites for hydroxylation is 1. The molecule has 1 fully saturated rings. The molecule has 1 aliphatic rings. The molecule has 19 heavy (non-hydrogen) atoms. The number of nitrogens with zero attached hydrogens (tertiary/aromatic N) is 1. The van der Waals surface area contributed by atoms with Gasteiger partial charge < -0.3 is 10.2 Å². The van der Waals surface area contributed by atoms with Crippen molar-refractivity contribution in [3.8, 4) is 0 Å². The van der Waals surface area contributed by atoms with Crippen molar-refractivity contribution in [3.63, 3.8) is 0 Å². The lowest BCUT2D eigenvalue weighted by molar-refractivity contribution is 0.477. The van der Waals surface area contributed by atoms with Gasteiger partial charge in [0.25, 0.3) is 0 Å². The molecular formula is C16H25ClN2. The van der Waals surface area contributed by atoms with E-state index in [0.717, 1.165) is 43.0 Å². The van der Waals surface area contributed by atoms with Crippen LogP contribution in [0.4, 0.5) is 5.69 Å². The molecule has 106 valence electrons. The minimum absolute atomic E-state index is 0.726. The Labute approximate surface area is 122 Å². The van der Waals surface area contributed by atoms with E-state index >= 15 is 0 Å². The van der Waals surface area contributed by atoms with Gasteiger partial charge in [0.15, 0.2) is 0 Å². The molecule has 3 heteroatoms. The van der Waals surface area contributed by atoms with Crippen LogP contribution >= 0.6 is 11.6 Å². The average Bonchev–Trinajstić information content (AvgIpc) is 2.80. The third kappa shape index (κ3) is 4.12. The van der Waals surface area contributed by atoms with Gasteiger partial charge in [-0.05, 0) is 56.0 Å². The zero-order chi connectivity index (χ0) is 13.8. The van der Waals surface area contributed by atoms with E-state index in [4.69, 9.17) is 11.6 Å². The lowest BCUT2D eigenvalue weighted by atomic mass is 10.1. The van der Waals surface area contributed by atoms with Crippen molar-refractivity contribution in [2.75, 3.05) is 31.1 Å². The summed E-state index contributed by atoms with van der Waals surface area (Å²) < 4.78 is 0. The Bertz CT molecular complexity index is 417. The normalized spacial score (nSPS) is 19.4. The molecule has 2 rings (SSSR count). The van der Waals surface area contributed by atoms with Gasteiger partial charge in [0.2, 0.25) is 0 Å². The highest BCUT2D eigenvalue weighted by Crippen LogP contribution is 2.31. The predicted octanol–water partition coefficient (Wildman–Crippen LogP) is 3.72. The second-order valence-corrected chi connectivity index (χ2v) is 6.51. The third-order valence-electron chi connectivity index (χ3n) is 3.71. The van der Waals surface area contributed by atoms with Gasteiger partial charge >= 0.3 is 0 Å². The Morgan fingerprint density at radius 1 is 1.42 bits per heavy atom. The Morgan fingerprint density at radius 3 is 2.95 bits per heavy atom. The maximum atomic E-state index is 6.31. The number of hydrogen-bond acceptors (Lipinski definition) is 2. The van der Waals surface area contributed by atoms with Gasteiger partial charge in [-0.15, -0.1) is 0 Å². The monoisotopic (exact) mass is 280 g/mol. The molecule has 1 aliphatic heterocycles. The quantitative estimate of drug-likeness (QED) is 0.884. The fourth-order valence-electron chi connectivity index (χ4n) is 2.66. The minimum atomic E-state index is 0.726. The summed E-state index contributed by atoms with van der Waals surface area (Å²) >= 11 is 6.31. The molecule has 1 N–H and O–H groups in total. The summed E-state index contributed by atoms with van der Waals surface area (Å²) in [5, 5.41) is 4.44. The van der Waals surface area contributed by atoms with Crippen molar-refractivity contribution in [1.29, 1.82) is 0 Å². The number of nitrogens with one attached hydrogen (secondary N) is 1. The van der Waals surface area contributed by atoms with Crippen LogP contribution in [0, 0.1) is 18.8 Å². The van der Waals surface area contributed by atoms with Crippen LogP contribution in [-0.2, 0) is 0 Å². The number of halogens is 1. The van der Waals surface area contributed by atoms with Crippen molar-refractivity contribution >= 4 is 17.3 Å². The maximum Gasteiger partial charge on any atom is 0.0639 e. The number of anilines is 1. The molecular weight excluding hydrogens is 256 g/mol. The SMILES string of the molecule is Cc1ccc(Cl)c(N2CCC(CNCC(C)C)C2)c1. The van der Waals surface area contributed by atoms with Crippen LogP contribution in [0.3, 0.4) is 0 Å². The third-order valence-corrected chi connectivity index (χ3v) is 4.03. The van der Waals surface area contributed by atoms with E-state index in [1.165, 1.54) is 17.7 Å². The van der Waals surface area contributed by atoms with Crippen LogP contribution < -0.4 is 10.2 Å². The first-order chi connectivity index (χ1) is 9.06. The first-order valence-corrected chi connectivity index (χ1v) is 7.66. The van der Waals surface area contributed by atoms with Gasteiger partial charge in [0.1, 0.15) is 0 Å². The standard InChI is InChI=1S/C16H25ClN2/c1-12(2)9-18-10-14-6-7-19(11-14)16-8-13(3)4-5-15(16)17/h4-5,8,12,14,18H,6-7,9-11H2,1-3H3. The smallest absolute Gasteiger partial charge is 0.0639 e. The Balaban J connectivity index is 1.89. The summed E-state index contributed by atoms with van der Waals surface area (Å²) in [7, 11) is 0. The lowest BCUT2D eigenvalue weighted by Crippen LogP contribution is -2.28. The number of benzene rings is 1. The van der Waals surface area contributed by atoms with Crippen molar-refractivity contribution in [1.82, 2.24) is 5.32 Å². The molecule has 1 heterocycles. The molecule has 0 aliphatic carbocycles. The fraction of sp³-hybridized carbons (Fsp3) is 0.625. The summed E-state index contributed by atoms with van der Waals surface area (Å²) in [4.78, 5) is 2.43. The predicted molar refractivity (Wildman–Crippen MR) is 84.2 cm³/mol. The molecule has 1 atom stereocenters. The van der Waals surface area contributed by atoms with Crippen LogP contribution in [0.1, 0.15) is 25.8 Å². The van der Waals surface area contributed by atoms with Gasteiger partial charge in [0, 0.05) is 13.1 Å². The van der Waals surface area contributed by atoms with E-state index in [0.29, 0.717) is 0 Å². The van der Waals surface area contributed by atoms with Crippen LogP contribution in [-0.4, -0.2) is 26.2 Å². The van der Waals surface area contributed by atoms with Crippen molar-refractivity contribution in [2.45, 2.75) is 27.2 Å². The largest absolute Gasteiger partial charge is 0.370 e. The summed E-state index contributed by atoms with van der Waals surface area (Å²) in [6.07, 6.45) is 1.26. The Morgan fingerprint density at radius 2 is 2.21 bits per heavy atom. The van der Waals surface area contributed by atoms with Gasteiger partial charge in [-0.2, -0.15) is 0 Å². The van der Waals surface area contributed by atoms with Gasteiger partial charge in [-0.3, -0.25) is 0 Å². The topological polar surface area (TPSA) is 15.3 Å². The van der Waals surface area contributed by atoms with E-state index in [-0.39, 0.29) is 0 Å². The first-order valence-electron chi connectivity index (χ1n) is 7.28. The van der Waals surface area contributed by atoms with E-state index in [1.54, 1.807) is 0 Å². The van der Waals surface area contributed by atoms with E-state index in [2.05, 4.69) is 43.1 Å². The number of hydrogen-bond donors (Lipinski definition) is 1.